The number of fused-ring (bicyclic) bond motifs is 3. The van der Waals surface area contributed by atoms with Gasteiger partial charge in [0.1, 0.15) is 0 Å². The van der Waals surface area contributed by atoms with Crippen molar-refractivity contribution < 1.29 is 0 Å². The number of nitriles is 1. The average molecular weight is 443 g/mol. The van der Waals surface area contributed by atoms with Crippen molar-refractivity contribution in [2.24, 2.45) is 0 Å². The molecule has 0 aromatic heterocycles. The van der Waals surface area contributed by atoms with Crippen molar-refractivity contribution in [3.63, 3.8) is 0 Å². The molecule has 2 nitrogen and oxygen atoms in total. The Bertz CT molecular complexity index is 1490. The first-order chi connectivity index (χ1) is 16.5. The SMILES string of the molecule is C/C=C\C=C(/C)N(c1ccc(C#N)cc1)c1cc2c(cc(C)c3ccccc32)c(/C=C\C)c1C. The molecule has 0 atom stereocenters. The molecule has 2 heteroatoms. The molecular formula is C32H30N2. The van der Waals surface area contributed by atoms with E-state index < -0.39 is 0 Å². The van der Waals surface area contributed by atoms with Crippen LogP contribution < -0.4 is 4.90 Å². The number of nitrogens with zero attached hydrogens (tertiary/aromatic N) is 2. The molecule has 0 amide bonds. The van der Waals surface area contributed by atoms with Gasteiger partial charge in [-0.2, -0.15) is 5.26 Å². The van der Waals surface area contributed by atoms with Crippen LogP contribution in [0.5, 0.6) is 0 Å². The Balaban J connectivity index is 2.11. The predicted octanol–water partition coefficient (Wildman–Crippen LogP) is 9.13. The third-order valence-corrected chi connectivity index (χ3v) is 6.36. The Labute approximate surface area is 202 Å². The number of hydrogen-bond acceptors (Lipinski definition) is 2. The van der Waals surface area contributed by atoms with E-state index in [9.17, 15) is 5.26 Å². The van der Waals surface area contributed by atoms with Crippen molar-refractivity contribution in [3.05, 3.63) is 113 Å². The largest absolute Gasteiger partial charge is 0.314 e. The molecule has 4 aromatic rings. The lowest BCUT2D eigenvalue weighted by atomic mass is 9.91. The maximum absolute atomic E-state index is 9.30. The highest BCUT2D eigenvalue weighted by molar-refractivity contribution is 6.13. The number of anilines is 2. The van der Waals surface area contributed by atoms with Crippen LogP contribution in [0.25, 0.3) is 27.6 Å². The minimum absolute atomic E-state index is 0.657. The minimum atomic E-state index is 0.657. The fraction of sp³-hybridized carbons (Fsp3) is 0.156. The molecule has 0 heterocycles. The normalized spacial score (nSPS) is 12.2. The molecule has 0 aliphatic rings. The smallest absolute Gasteiger partial charge is 0.0991 e. The van der Waals surface area contributed by atoms with Gasteiger partial charge in [0.15, 0.2) is 0 Å². The van der Waals surface area contributed by atoms with Crippen LogP contribution in [0.1, 0.15) is 43.0 Å². The average Bonchev–Trinajstić information content (AvgIpc) is 2.86. The maximum atomic E-state index is 9.30. The molecule has 4 rings (SSSR count). The Morgan fingerprint density at radius 3 is 2.21 bits per heavy atom. The van der Waals surface area contributed by atoms with Gasteiger partial charge in [-0.1, -0.05) is 54.6 Å². The first kappa shape index (κ1) is 23.1. The van der Waals surface area contributed by atoms with E-state index in [2.05, 4.69) is 99.4 Å². The summed E-state index contributed by atoms with van der Waals surface area (Å²) in [6, 6.07) is 23.3. The van der Waals surface area contributed by atoms with Crippen molar-refractivity contribution in [2.45, 2.75) is 34.6 Å². The predicted molar refractivity (Wildman–Crippen MR) is 148 cm³/mol. The van der Waals surface area contributed by atoms with E-state index in [1.54, 1.807) is 0 Å². The summed E-state index contributed by atoms with van der Waals surface area (Å²) in [5.74, 6) is 0. The van der Waals surface area contributed by atoms with Crippen molar-refractivity contribution in [3.8, 4) is 6.07 Å². The third-order valence-electron chi connectivity index (χ3n) is 6.36. The number of aryl methyl sites for hydroxylation is 1. The zero-order valence-electron chi connectivity index (χ0n) is 20.6. The summed E-state index contributed by atoms with van der Waals surface area (Å²) in [4.78, 5) is 2.29. The van der Waals surface area contributed by atoms with Gasteiger partial charge in [-0.3, -0.25) is 0 Å². The van der Waals surface area contributed by atoms with Crippen LogP contribution in [0.15, 0.2) is 90.7 Å². The standard InChI is InChI=1S/C32H30N2/c1-6-8-12-23(4)34(26-17-15-25(21-33)16-18-26)32-20-31-29-14-10-9-13-27(29)22(3)19-30(31)28(11-7-2)24(32)5/h6-20H,1-5H3/b8-6-,11-7-,23-12+. The fourth-order valence-electron chi connectivity index (χ4n) is 4.68. The van der Waals surface area contributed by atoms with Gasteiger partial charge in [-0.15, -0.1) is 0 Å². The molecule has 168 valence electrons. The molecule has 0 spiro atoms. The molecular weight excluding hydrogens is 412 g/mol. The molecule has 0 saturated carbocycles. The van der Waals surface area contributed by atoms with Crippen LogP contribution in [-0.4, -0.2) is 0 Å². The first-order valence-corrected chi connectivity index (χ1v) is 11.7. The highest BCUT2D eigenvalue weighted by atomic mass is 15.1. The number of allylic oxidation sites excluding steroid dienone is 5. The van der Waals surface area contributed by atoms with Gasteiger partial charge in [0, 0.05) is 17.1 Å². The van der Waals surface area contributed by atoms with Crippen LogP contribution in [0.4, 0.5) is 11.4 Å². The van der Waals surface area contributed by atoms with Crippen LogP contribution in [0.3, 0.4) is 0 Å². The van der Waals surface area contributed by atoms with Gasteiger partial charge in [-0.05, 0) is 109 Å². The van der Waals surface area contributed by atoms with Crippen molar-refractivity contribution >= 4 is 39.0 Å². The molecule has 0 bridgehead atoms. The lowest BCUT2D eigenvalue weighted by molar-refractivity contribution is 1.14. The van der Waals surface area contributed by atoms with E-state index in [1.165, 1.54) is 38.2 Å². The van der Waals surface area contributed by atoms with Crippen molar-refractivity contribution in [1.82, 2.24) is 0 Å². The highest BCUT2D eigenvalue weighted by Gasteiger charge is 2.19. The van der Waals surface area contributed by atoms with Gasteiger partial charge in [0.05, 0.1) is 11.6 Å². The summed E-state index contributed by atoms with van der Waals surface area (Å²) >= 11 is 0. The van der Waals surface area contributed by atoms with Crippen molar-refractivity contribution in [2.75, 3.05) is 4.90 Å². The zero-order chi connectivity index (χ0) is 24.2. The molecule has 0 N–H and O–H groups in total. The molecule has 34 heavy (non-hydrogen) atoms. The number of rotatable bonds is 5. The zero-order valence-corrected chi connectivity index (χ0v) is 20.6. The van der Waals surface area contributed by atoms with E-state index in [1.807, 2.05) is 37.3 Å². The Morgan fingerprint density at radius 1 is 0.853 bits per heavy atom. The summed E-state index contributed by atoms with van der Waals surface area (Å²) < 4.78 is 0. The molecule has 4 aromatic carbocycles. The lowest BCUT2D eigenvalue weighted by Gasteiger charge is -2.29. The summed E-state index contributed by atoms with van der Waals surface area (Å²) in [6.07, 6.45) is 10.6. The lowest BCUT2D eigenvalue weighted by Crippen LogP contribution is -2.16. The quantitative estimate of drug-likeness (QED) is 0.227. The summed E-state index contributed by atoms with van der Waals surface area (Å²) in [7, 11) is 0. The van der Waals surface area contributed by atoms with Gasteiger partial charge in [0.2, 0.25) is 0 Å². The fourth-order valence-corrected chi connectivity index (χ4v) is 4.68. The van der Waals surface area contributed by atoms with Crippen LogP contribution in [0.2, 0.25) is 0 Å². The first-order valence-electron chi connectivity index (χ1n) is 11.7. The van der Waals surface area contributed by atoms with Crippen molar-refractivity contribution in [1.29, 1.82) is 5.26 Å². The molecule has 0 aliphatic carbocycles. The highest BCUT2D eigenvalue weighted by Crippen LogP contribution is 2.41. The molecule has 0 unspecified atom stereocenters. The van der Waals surface area contributed by atoms with Gasteiger partial charge in [0.25, 0.3) is 0 Å². The second-order valence-corrected chi connectivity index (χ2v) is 8.60. The van der Waals surface area contributed by atoms with E-state index >= 15 is 0 Å². The monoisotopic (exact) mass is 442 g/mol. The van der Waals surface area contributed by atoms with Crippen LogP contribution >= 0.6 is 0 Å². The number of hydrogen-bond donors (Lipinski definition) is 0. The maximum Gasteiger partial charge on any atom is 0.0991 e. The van der Waals surface area contributed by atoms with E-state index in [0.29, 0.717) is 5.56 Å². The Hall–Kier alpha value is -4.09. The topological polar surface area (TPSA) is 27.0 Å². The van der Waals surface area contributed by atoms with Gasteiger partial charge in [-0.25, -0.2) is 0 Å². The molecule has 0 aliphatic heterocycles. The van der Waals surface area contributed by atoms with Gasteiger partial charge < -0.3 is 4.90 Å². The molecule has 0 radical (unpaired) electrons. The van der Waals surface area contributed by atoms with E-state index in [-0.39, 0.29) is 0 Å². The van der Waals surface area contributed by atoms with Crippen LogP contribution in [-0.2, 0) is 0 Å². The summed E-state index contributed by atoms with van der Waals surface area (Å²) in [6.45, 7) is 10.6. The van der Waals surface area contributed by atoms with Crippen LogP contribution in [0, 0.1) is 25.2 Å². The third kappa shape index (κ3) is 4.14. The Kier molecular flexibility index (Phi) is 6.66. The van der Waals surface area contributed by atoms with Gasteiger partial charge >= 0.3 is 0 Å². The van der Waals surface area contributed by atoms with E-state index in [4.69, 9.17) is 0 Å². The summed E-state index contributed by atoms with van der Waals surface area (Å²) in [5.41, 5.74) is 7.67. The summed E-state index contributed by atoms with van der Waals surface area (Å²) in [5, 5.41) is 14.4. The number of benzene rings is 4. The molecule has 0 fully saturated rings. The second-order valence-electron chi connectivity index (χ2n) is 8.60. The van der Waals surface area contributed by atoms with E-state index in [0.717, 1.165) is 17.1 Å². The second kappa shape index (κ2) is 9.81. The molecule has 0 saturated heterocycles. The minimum Gasteiger partial charge on any atom is -0.314 e. The Morgan fingerprint density at radius 2 is 1.56 bits per heavy atom.